The first-order valence-electron chi connectivity index (χ1n) is 22.1. The summed E-state index contributed by atoms with van der Waals surface area (Å²) in [7, 11) is -1.34. The molecule has 0 aliphatic heterocycles. The summed E-state index contributed by atoms with van der Waals surface area (Å²) < 4.78 is 8.75. The van der Waals surface area contributed by atoms with Gasteiger partial charge in [-0.15, -0.1) is 59.7 Å². The number of imidazole rings is 1. The van der Waals surface area contributed by atoms with Gasteiger partial charge in [0.25, 0.3) is 0 Å². The van der Waals surface area contributed by atoms with Crippen LogP contribution in [0.1, 0.15) is 70.1 Å². The predicted octanol–water partition coefficient (Wildman–Crippen LogP) is 15.2. The molecule has 10 aromatic rings. The minimum atomic E-state index is -1.34. The molecule has 0 N–H and O–H groups in total. The van der Waals surface area contributed by atoms with E-state index < -0.39 is 8.07 Å². The van der Waals surface area contributed by atoms with Gasteiger partial charge in [-0.1, -0.05) is 151 Å². The Morgan fingerprint density at radius 1 is 0.651 bits per heavy atom. The number of hydrogen-bond donors (Lipinski definition) is 0. The molecular weight excluding hydrogens is 963 g/mol. The number of para-hydroxylation sites is 3. The molecule has 63 heavy (non-hydrogen) atoms. The van der Waals surface area contributed by atoms with Crippen molar-refractivity contribution >= 4 is 67.8 Å². The smallest absolute Gasteiger partial charge is 0.121 e. The summed E-state index contributed by atoms with van der Waals surface area (Å²) in [4.78, 5) is 9.92. The number of fused-ring (bicyclic) bond motifs is 8. The summed E-state index contributed by atoms with van der Waals surface area (Å²) in [5, 5.41) is 8.63. The molecule has 0 fully saturated rings. The van der Waals surface area contributed by atoms with E-state index >= 15 is 0 Å². The van der Waals surface area contributed by atoms with Crippen molar-refractivity contribution in [2.24, 2.45) is 5.92 Å². The van der Waals surface area contributed by atoms with Gasteiger partial charge in [-0.3, -0.25) is 4.98 Å². The van der Waals surface area contributed by atoms with E-state index in [2.05, 4.69) is 198 Å². The third-order valence-electron chi connectivity index (χ3n) is 12.1. The number of hydrogen-bond acceptors (Lipinski definition) is 3. The Bertz CT molecular complexity index is 3220. The quantitative estimate of drug-likeness (QED) is 0.0865. The molecule has 0 amide bonds. The van der Waals surface area contributed by atoms with Crippen molar-refractivity contribution in [1.29, 1.82) is 0 Å². The van der Waals surface area contributed by atoms with Gasteiger partial charge in [-0.05, 0) is 85.9 Å². The van der Waals surface area contributed by atoms with Crippen molar-refractivity contribution in [3.05, 3.63) is 168 Å². The van der Waals surface area contributed by atoms with Gasteiger partial charge in [0.05, 0.1) is 30.5 Å². The fourth-order valence-corrected chi connectivity index (χ4v) is 10.7. The van der Waals surface area contributed by atoms with E-state index in [0.29, 0.717) is 17.8 Å². The molecule has 0 aliphatic rings. The molecule has 0 aliphatic carbocycles. The Hall–Kier alpha value is -5.65. The second kappa shape index (κ2) is 17.8. The summed E-state index contributed by atoms with van der Waals surface area (Å²) in [6, 6.07) is 53.8. The number of rotatable bonds is 8. The van der Waals surface area contributed by atoms with Crippen molar-refractivity contribution < 1.29 is 24.5 Å². The molecule has 1 radical (unpaired) electrons. The zero-order valence-electron chi connectivity index (χ0n) is 37.8. The van der Waals surface area contributed by atoms with Gasteiger partial charge in [0.15, 0.2) is 0 Å². The van der Waals surface area contributed by atoms with Crippen molar-refractivity contribution in [1.82, 2.24) is 14.5 Å². The van der Waals surface area contributed by atoms with Gasteiger partial charge < -0.3 is 14.0 Å². The molecule has 0 atom stereocenters. The van der Waals surface area contributed by atoms with Crippen LogP contribution in [-0.4, -0.2) is 22.6 Å². The zero-order valence-corrected chi connectivity index (χ0v) is 41.2. The average Bonchev–Trinajstić information content (AvgIpc) is 3.84. The zero-order chi connectivity index (χ0) is 43.3. The first-order valence-corrected chi connectivity index (χ1v) is 25.6. The molecule has 10 rings (SSSR count). The summed E-state index contributed by atoms with van der Waals surface area (Å²) in [5.41, 5.74) is 12.2. The van der Waals surface area contributed by atoms with Crippen molar-refractivity contribution in [3.8, 4) is 28.3 Å². The standard InChI is InChI=1S/C39H31N2O.C18H24NSi.Ir/c1-23(2)27-12-9-13-28(24(3)4)38(27)41-34-15-8-7-14-33(34)40-39(41)26-17-20-35-32(22-26)37-31-18-16-25-10-5-6-11-29(25)30(31)19-21-36(37)42-35;1-14(2)11-16-12-17(15-9-7-6-8-10-15)19-13-18(16)20(3,4)5;/h5-16,18-24H,1-4H3;6-9,12-14H,11H2,1-5H3;/q2*-1;. The maximum absolute atomic E-state index is 6.38. The normalized spacial score (nSPS) is 11.9. The van der Waals surface area contributed by atoms with E-state index in [1.54, 1.807) is 0 Å². The van der Waals surface area contributed by atoms with Crippen LogP contribution in [0.2, 0.25) is 19.6 Å². The van der Waals surface area contributed by atoms with Crippen LogP contribution >= 0.6 is 0 Å². The molecule has 6 heteroatoms. The van der Waals surface area contributed by atoms with Crippen LogP contribution in [0.15, 0.2) is 144 Å². The monoisotopic (exact) mass is 1020 g/mol. The van der Waals surface area contributed by atoms with E-state index in [-0.39, 0.29) is 20.1 Å². The molecule has 319 valence electrons. The summed E-state index contributed by atoms with van der Waals surface area (Å²) >= 11 is 0. The van der Waals surface area contributed by atoms with Crippen molar-refractivity contribution in [2.75, 3.05) is 0 Å². The van der Waals surface area contributed by atoms with Gasteiger partial charge in [-0.25, -0.2) is 0 Å². The summed E-state index contributed by atoms with van der Waals surface area (Å²) in [5.74, 6) is 2.28. The Morgan fingerprint density at radius 2 is 1.37 bits per heavy atom. The van der Waals surface area contributed by atoms with Crippen LogP contribution in [0.5, 0.6) is 0 Å². The summed E-state index contributed by atoms with van der Waals surface area (Å²) in [6.45, 7) is 20.8. The number of nitrogens with zero attached hydrogens (tertiary/aromatic N) is 3. The largest absolute Gasteiger partial charge is 0.500 e. The fraction of sp³-hybridized carbons (Fsp3) is 0.228. The molecule has 3 aromatic heterocycles. The molecule has 0 bridgehead atoms. The number of benzene rings is 7. The van der Waals surface area contributed by atoms with Gasteiger partial charge in [0.2, 0.25) is 0 Å². The van der Waals surface area contributed by atoms with E-state index in [9.17, 15) is 0 Å². The van der Waals surface area contributed by atoms with Crippen LogP contribution < -0.4 is 5.19 Å². The topological polar surface area (TPSA) is 43.9 Å². The van der Waals surface area contributed by atoms with Crippen LogP contribution in [0.25, 0.3) is 82.8 Å². The van der Waals surface area contributed by atoms with Crippen LogP contribution in [0.3, 0.4) is 0 Å². The van der Waals surface area contributed by atoms with Gasteiger partial charge in [-0.2, -0.15) is 0 Å². The Labute approximate surface area is 386 Å². The van der Waals surface area contributed by atoms with Crippen LogP contribution in [0.4, 0.5) is 0 Å². The molecular formula is C57H55IrN3OSi-2. The van der Waals surface area contributed by atoms with Gasteiger partial charge in [0.1, 0.15) is 5.58 Å². The fourth-order valence-electron chi connectivity index (χ4n) is 9.12. The minimum absolute atomic E-state index is 0. The SMILES string of the molecule is CC(C)Cc1cc(-c2[c-]cccc2)ncc1[Si](C)(C)C.CC(C)c1cccc(C(C)C)c1-n1c(-c2[c-]cc3oc4ccc5c6ccccc6ccc5c4c3c2)nc2ccccc21.[Ir]. The predicted molar refractivity (Wildman–Crippen MR) is 266 cm³/mol. The third-order valence-corrected chi connectivity index (χ3v) is 14.1. The second-order valence-electron chi connectivity index (χ2n) is 18.8. The van der Waals surface area contributed by atoms with Crippen LogP contribution in [0, 0.1) is 18.1 Å². The van der Waals surface area contributed by atoms with E-state index in [4.69, 9.17) is 9.40 Å². The van der Waals surface area contributed by atoms with E-state index in [1.807, 2.05) is 24.3 Å². The van der Waals surface area contributed by atoms with Crippen LogP contribution in [-0.2, 0) is 26.5 Å². The molecule has 0 spiro atoms. The van der Waals surface area contributed by atoms with Gasteiger partial charge >= 0.3 is 0 Å². The molecule has 7 aromatic carbocycles. The number of pyridine rings is 1. The second-order valence-corrected chi connectivity index (χ2v) is 23.8. The molecule has 0 saturated carbocycles. The number of aromatic nitrogens is 3. The maximum atomic E-state index is 6.38. The Balaban J connectivity index is 0.000000219. The maximum Gasteiger partial charge on any atom is 0.121 e. The molecule has 3 heterocycles. The molecule has 0 saturated heterocycles. The summed E-state index contributed by atoms with van der Waals surface area (Å²) in [6.07, 6.45) is 3.24. The number of furan rings is 1. The third kappa shape index (κ3) is 8.45. The average molecular weight is 1020 g/mol. The first-order chi connectivity index (χ1) is 29.9. The van der Waals surface area contributed by atoms with Crippen molar-refractivity contribution in [2.45, 2.75) is 79.4 Å². The Kier molecular flexibility index (Phi) is 12.5. The van der Waals surface area contributed by atoms with E-state index in [0.717, 1.165) is 62.0 Å². The van der Waals surface area contributed by atoms with Crippen molar-refractivity contribution in [3.63, 3.8) is 0 Å². The minimum Gasteiger partial charge on any atom is -0.500 e. The molecule has 4 nitrogen and oxygen atoms in total. The van der Waals surface area contributed by atoms with Gasteiger partial charge in [0, 0.05) is 37.4 Å². The van der Waals surface area contributed by atoms with E-state index in [1.165, 1.54) is 49.1 Å². The molecule has 0 unspecified atom stereocenters. The first kappa shape index (κ1) is 44.0. The Morgan fingerprint density at radius 3 is 2.08 bits per heavy atom.